The molecule has 0 heterocycles. The van der Waals surface area contributed by atoms with Crippen molar-refractivity contribution in [1.29, 1.82) is 0 Å². The maximum Gasteiger partial charge on any atom is 0.269 e. The number of hydrogen-bond donors (Lipinski definition) is 1. The number of non-ortho nitro benzene ring substituents is 1. The van der Waals surface area contributed by atoms with Crippen molar-refractivity contribution in [2.45, 2.75) is 11.8 Å². The molecule has 0 aliphatic rings. The Labute approximate surface area is 138 Å². The molecule has 0 aliphatic carbocycles. The van der Waals surface area contributed by atoms with Crippen LogP contribution in [0.4, 0.5) is 11.4 Å². The molecule has 24 heavy (non-hydrogen) atoms. The summed E-state index contributed by atoms with van der Waals surface area (Å²) in [6.45, 7) is 1.53. The third-order valence-electron chi connectivity index (χ3n) is 3.69. The minimum Gasteiger partial charge on any atom is -0.279 e. The maximum atomic E-state index is 12.7. The third-order valence-corrected chi connectivity index (χ3v) is 5.22. The first-order chi connectivity index (χ1) is 11.4. The van der Waals surface area contributed by atoms with E-state index in [1.807, 2.05) is 30.3 Å². The van der Waals surface area contributed by atoms with Crippen LogP contribution in [0, 0.1) is 17.0 Å². The van der Waals surface area contributed by atoms with Crippen LogP contribution in [-0.4, -0.2) is 13.3 Å². The van der Waals surface area contributed by atoms with Crippen molar-refractivity contribution in [3.05, 3.63) is 76.3 Å². The molecule has 0 fully saturated rings. The van der Waals surface area contributed by atoms with Crippen molar-refractivity contribution >= 4 is 32.2 Å². The maximum absolute atomic E-state index is 12.7. The molecule has 7 heteroatoms. The summed E-state index contributed by atoms with van der Waals surface area (Å²) < 4.78 is 27.9. The Kier molecular flexibility index (Phi) is 3.94. The van der Waals surface area contributed by atoms with E-state index in [1.54, 1.807) is 12.1 Å². The number of hydrogen-bond acceptors (Lipinski definition) is 4. The van der Waals surface area contributed by atoms with Gasteiger partial charge in [0.1, 0.15) is 0 Å². The fraction of sp³-hybridized carbons (Fsp3) is 0.0588. The molecule has 0 amide bonds. The molecule has 6 nitrogen and oxygen atoms in total. The van der Waals surface area contributed by atoms with Gasteiger partial charge in [-0.25, -0.2) is 8.42 Å². The number of nitrogens with zero attached hydrogens (tertiary/aromatic N) is 1. The lowest BCUT2D eigenvalue weighted by Crippen LogP contribution is -2.14. The molecule has 122 valence electrons. The van der Waals surface area contributed by atoms with Gasteiger partial charge in [0.25, 0.3) is 15.7 Å². The predicted molar refractivity (Wildman–Crippen MR) is 92.6 cm³/mol. The molecule has 3 aromatic rings. The molecule has 0 unspecified atom stereocenters. The highest BCUT2D eigenvalue weighted by molar-refractivity contribution is 7.92. The topological polar surface area (TPSA) is 89.3 Å². The number of aryl methyl sites for hydroxylation is 1. The highest BCUT2D eigenvalue weighted by Gasteiger charge is 2.20. The Hall–Kier alpha value is -2.93. The zero-order chi connectivity index (χ0) is 17.3. The summed E-state index contributed by atoms with van der Waals surface area (Å²) in [7, 11) is -3.85. The Bertz CT molecular complexity index is 1040. The number of fused-ring (bicyclic) bond motifs is 1. The van der Waals surface area contributed by atoms with Gasteiger partial charge in [-0.1, -0.05) is 36.4 Å². The van der Waals surface area contributed by atoms with Crippen molar-refractivity contribution in [1.82, 2.24) is 0 Å². The Morgan fingerprint density at radius 1 is 1.00 bits per heavy atom. The molecule has 3 rings (SSSR count). The van der Waals surface area contributed by atoms with Crippen molar-refractivity contribution in [3.63, 3.8) is 0 Å². The number of nitrogens with one attached hydrogen (secondary N) is 1. The summed E-state index contributed by atoms with van der Waals surface area (Å²) in [5.74, 6) is 0. The quantitative estimate of drug-likeness (QED) is 0.576. The predicted octanol–water partition coefficient (Wildman–Crippen LogP) is 3.86. The van der Waals surface area contributed by atoms with Gasteiger partial charge in [0.2, 0.25) is 0 Å². The largest absolute Gasteiger partial charge is 0.279 e. The van der Waals surface area contributed by atoms with E-state index in [2.05, 4.69) is 4.72 Å². The Morgan fingerprint density at radius 3 is 2.42 bits per heavy atom. The molecular weight excluding hydrogens is 328 g/mol. The first-order valence-corrected chi connectivity index (χ1v) is 8.62. The summed E-state index contributed by atoms with van der Waals surface area (Å²) in [5.41, 5.74) is 0.638. The number of nitro groups is 1. The van der Waals surface area contributed by atoms with Crippen LogP contribution in [-0.2, 0) is 10.0 Å². The van der Waals surface area contributed by atoms with E-state index in [4.69, 9.17) is 0 Å². The number of nitro benzene ring substituents is 1. The minimum absolute atomic E-state index is 0.0148. The molecule has 0 saturated carbocycles. The fourth-order valence-electron chi connectivity index (χ4n) is 2.56. The molecule has 1 N–H and O–H groups in total. The van der Waals surface area contributed by atoms with Gasteiger partial charge >= 0.3 is 0 Å². The lowest BCUT2D eigenvalue weighted by molar-refractivity contribution is -0.385. The zero-order valence-corrected chi connectivity index (χ0v) is 13.6. The SMILES string of the molecule is Cc1cc([N+](=O)[O-])ccc1S(=O)(=O)Nc1cccc2ccccc12. The molecular formula is C17H14N2O4S. The van der Waals surface area contributed by atoms with Gasteiger partial charge < -0.3 is 0 Å². The lowest BCUT2D eigenvalue weighted by Gasteiger charge is -2.12. The van der Waals surface area contributed by atoms with E-state index in [-0.39, 0.29) is 10.6 Å². The molecule has 0 aromatic heterocycles. The smallest absolute Gasteiger partial charge is 0.269 e. The van der Waals surface area contributed by atoms with Gasteiger partial charge in [-0.05, 0) is 30.0 Å². The summed E-state index contributed by atoms with van der Waals surface area (Å²) >= 11 is 0. The van der Waals surface area contributed by atoms with E-state index < -0.39 is 14.9 Å². The van der Waals surface area contributed by atoms with Crippen LogP contribution in [0.25, 0.3) is 10.8 Å². The molecule has 0 bridgehead atoms. The van der Waals surface area contributed by atoms with Crippen molar-refractivity contribution in [3.8, 4) is 0 Å². The average Bonchev–Trinajstić information content (AvgIpc) is 2.54. The monoisotopic (exact) mass is 342 g/mol. The third kappa shape index (κ3) is 2.93. The van der Waals surface area contributed by atoms with Crippen molar-refractivity contribution in [2.75, 3.05) is 4.72 Å². The second-order valence-electron chi connectivity index (χ2n) is 5.34. The summed E-state index contributed by atoms with van der Waals surface area (Å²) in [4.78, 5) is 10.3. The highest BCUT2D eigenvalue weighted by Crippen LogP contribution is 2.27. The van der Waals surface area contributed by atoms with Crippen LogP contribution >= 0.6 is 0 Å². The fourth-order valence-corrected chi connectivity index (χ4v) is 3.87. The minimum atomic E-state index is -3.85. The van der Waals surface area contributed by atoms with Crippen molar-refractivity contribution < 1.29 is 13.3 Å². The van der Waals surface area contributed by atoms with Crippen LogP contribution in [0.2, 0.25) is 0 Å². The number of benzene rings is 3. The lowest BCUT2D eigenvalue weighted by atomic mass is 10.1. The van der Waals surface area contributed by atoms with E-state index in [1.165, 1.54) is 25.1 Å². The van der Waals surface area contributed by atoms with E-state index in [9.17, 15) is 18.5 Å². The average molecular weight is 342 g/mol. The van der Waals surface area contributed by atoms with E-state index in [0.717, 1.165) is 10.8 Å². The standard InChI is InChI=1S/C17H14N2O4S/c1-12-11-14(19(20)21)9-10-17(12)24(22,23)18-16-8-4-6-13-5-2-3-7-15(13)16/h2-11,18H,1H3. The molecule has 0 atom stereocenters. The molecule has 3 aromatic carbocycles. The van der Waals surface area contributed by atoms with Crippen molar-refractivity contribution in [2.24, 2.45) is 0 Å². The van der Waals surface area contributed by atoms with Gasteiger partial charge in [-0.15, -0.1) is 0 Å². The van der Waals surface area contributed by atoms with Gasteiger partial charge in [-0.2, -0.15) is 0 Å². The zero-order valence-electron chi connectivity index (χ0n) is 12.8. The number of sulfonamides is 1. The van der Waals surface area contributed by atoms with E-state index >= 15 is 0 Å². The van der Waals surface area contributed by atoms with Crippen LogP contribution in [0.15, 0.2) is 65.6 Å². The molecule has 0 radical (unpaired) electrons. The summed E-state index contributed by atoms with van der Waals surface area (Å²) in [6, 6.07) is 16.5. The van der Waals surface area contributed by atoms with Crippen LogP contribution in [0.1, 0.15) is 5.56 Å². The first kappa shape index (κ1) is 15.9. The number of anilines is 1. The van der Waals surface area contributed by atoms with Gasteiger partial charge in [-0.3, -0.25) is 14.8 Å². The Morgan fingerprint density at radius 2 is 1.71 bits per heavy atom. The van der Waals surface area contributed by atoms with Gasteiger partial charge in [0, 0.05) is 17.5 Å². The van der Waals surface area contributed by atoms with Crippen LogP contribution in [0.5, 0.6) is 0 Å². The number of rotatable bonds is 4. The normalized spacial score (nSPS) is 11.4. The Balaban J connectivity index is 2.04. The van der Waals surface area contributed by atoms with E-state index in [0.29, 0.717) is 11.3 Å². The van der Waals surface area contributed by atoms with Crippen LogP contribution in [0.3, 0.4) is 0 Å². The second kappa shape index (κ2) is 5.93. The molecule has 0 saturated heterocycles. The summed E-state index contributed by atoms with van der Waals surface area (Å²) in [6.07, 6.45) is 0. The molecule has 0 spiro atoms. The van der Waals surface area contributed by atoms with Crippen LogP contribution < -0.4 is 4.72 Å². The van der Waals surface area contributed by atoms with Gasteiger partial charge in [0.05, 0.1) is 15.5 Å². The van der Waals surface area contributed by atoms with Gasteiger partial charge in [0.15, 0.2) is 0 Å². The highest BCUT2D eigenvalue weighted by atomic mass is 32.2. The first-order valence-electron chi connectivity index (χ1n) is 7.14. The summed E-state index contributed by atoms with van der Waals surface area (Å²) in [5, 5.41) is 12.5. The molecule has 0 aliphatic heterocycles. The second-order valence-corrected chi connectivity index (χ2v) is 6.99.